The SMILES string of the molecule is CCCCn1nc(C)c(C(=O)NN(C)C)c1Cl. The summed E-state index contributed by atoms with van der Waals surface area (Å²) in [6, 6.07) is 0. The molecule has 0 bridgehead atoms. The van der Waals surface area contributed by atoms with Crippen LogP contribution in [0.2, 0.25) is 5.15 Å². The number of aromatic nitrogens is 2. The highest BCUT2D eigenvalue weighted by Gasteiger charge is 2.20. The quantitative estimate of drug-likeness (QED) is 0.820. The molecule has 96 valence electrons. The van der Waals surface area contributed by atoms with Crippen LogP contribution >= 0.6 is 11.6 Å². The molecular formula is C11H19ClN4O. The van der Waals surface area contributed by atoms with Gasteiger partial charge in [-0.15, -0.1) is 0 Å². The van der Waals surface area contributed by atoms with Gasteiger partial charge < -0.3 is 0 Å². The van der Waals surface area contributed by atoms with Crippen LogP contribution in [0.3, 0.4) is 0 Å². The van der Waals surface area contributed by atoms with Crippen molar-refractivity contribution in [3.63, 3.8) is 0 Å². The van der Waals surface area contributed by atoms with Crippen molar-refractivity contribution in [3.05, 3.63) is 16.4 Å². The number of carbonyl (C=O) groups is 1. The van der Waals surface area contributed by atoms with E-state index in [2.05, 4.69) is 17.4 Å². The van der Waals surface area contributed by atoms with E-state index in [4.69, 9.17) is 11.6 Å². The molecule has 17 heavy (non-hydrogen) atoms. The highest BCUT2D eigenvalue weighted by atomic mass is 35.5. The van der Waals surface area contributed by atoms with Crippen LogP contribution in [0.5, 0.6) is 0 Å². The summed E-state index contributed by atoms with van der Waals surface area (Å²) in [4.78, 5) is 11.9. The fourth-order valence-electron chi connectivity index (χ4n) is 1.53. The second-order valence-electron chi connectivity index (χ2n) is 4.16. The highest BCUT2D eigenvalue weighted by molar-refractivity contribution is 6.33. The Morgan fingerprint density at radius 3 is 2.71 bits per heavy atom. The molecule has 0 fully saturated rings. The topological polar surface area (TPSA) is 50.2 Å². The second kappa shape index (κ2) is 6.02. The Morgan fingerprint density at radius 1 is 1.53 bits per heavy atom. The molecule has 1 N–H and O–H groups in total. The van der Waals surface area contributed by atoms with E-state index >= 15 is 0 Å². The number of hydrogen-bond acceptors (Lipinski definition) is 3. The third kappa shape index (κ3) is 3.44. The first-order chi connectivity index (χ1) is 7.97. The Balaban J connectivity index is 2.92. The van der Waals surface area contributed by atoms with Gasteiger partial charge >= 0.3 is 0 Å². The summed E-state index contributed by atoms with van der Waals surface area (Å²) in [5, 5.41) is 6.28. The average molecular weight is 259 g/mol. The van der Waals surface area contributed by atoms with Gasteiger partial charge in [-0.25, -0.2) is 5.01 Å². The summed E-state index contributed by atoms with van der Waals surface area (Å²) in [7, 11) is 3.51. The summed E-state index contributed by atoms with van der Waals surface area (Å²) in [6.45, 7) is 4.63. The molecular weight excluding hydrogens is 240 g/mol. The maximum Gasteiger partial charge on any atom is 0.270 e. The van der Waals surface area contributed by atoms with E-state index in [-0.39, 0.29) is 5.91 Å². The van der Waals surface area contributed by atoms with E-state index in [1.807, 2.05) is 0 Å². The van der Waals surface area contributed by atoms with Gasteiger partial charge in [-0.05, 0) is 13.3 Å². The first kappa shape index (κ1) is 14.0. The molecule has 0 aliphatic carbocycles. The number of unbranched alkanes of at least 4 members (excludes halogenated alkanes) is 1. The molecule has 0 saturated heterocycles. The lowest BCUT2D eigenvalue weighted by molar-refractivity contribution is 0.0856. The molecule has 1 heterocycles. The van der Waals surface area contributed by atoms with Gasteiger partial charge in [0, 0.05) is 20.6 Å². The van der Waals surface area contributed by atoms with E-state index in [1.54, 1.807) is 30.7 Å². The van der Waals surface area contributed by atoms with Crippen molar-refractivity contribution in [2.75, 3.05) is 14.1 Å². The van der Waals surface area contributed by atoms with E-state index in [0.29, 0.717) is 16.4 Å². The normalized spacial score (nSPS) is 10.9. The van der Waals surface area contributed by atoms with E-state index in [9.17, 15) is 4.79 Å². The van der Waals surface area contributed by atoms with Crippen LogP contribution < -0.4 is 5.43 Å². The smallest absolute Gasteiger partial charge is 0.270 e. The van der Waals surface area contributed by atoms with Gasteiger partial charge in [-0.1, -0.05) is 24.9 Å². The van der Waals surface area contributed by atoms with Gasteiger partial charge in [0.15, 0.2) is 0 Å². The summed E-state index contributed by atoms with van der Waals surface area (Å²) >= 11 is 6.16. The number of amides is 1. The Labute approximate surface area is 107 Å². The van der Waals surface area contributed by atoms with Crippen molar-refractivity contribution in [2.24, 2.45) is 0 Å². The minimum Gasteiger partial charge on any atom is -0.285 e. The van der Waals surface area contributed by atoms with Gasteiger partial charge in [-0.3, -0.25) is 14.9 Å². The van der Waals surface area contributed by atoms with Crippen LogP contribution in [0, 0.1) is 6.92 Å². The van der Waals surface area contributed by atoms with Crippen molar-refractivity contribution >= 4 is 17.5 Å². The zero-order chi connectivity index (χ0) is 13.0. The minimum absolute atomic E-state index is 0.222. The minimum atomic E-state index is -0.222. The number of aryl methyl sites for hydroxylation is 2. The van der Waals surface area contributed by atoms with Gasteiger partial charge in [0.05, 0.1) is 5.69 Å². The lowest BCUT2D eigenvalue weighted by atomic mass is 10.2. The molecule has 0 atom stereocenters. The molecule has 0 saturated carbocycles. The summed E-state index contributed by atoms with van der Waals surface area (Å²) in [5.74, 6) is -0.222. The molecule has 6 heteroatoms. The van der Waals surface area contributed by atoms with E-state index < -0.39 is 0 Å². The number of hydrogen-bond donors (Lipinski definition) is 1. The van der Waals surface area contributed by atoms with Gasteiger partial charge in [-0.2, -0.15) is 5.10 Å². The average Bonchev–Trinajstić information content (AvgIpc) is 2.50. The van der Waals surface area contributed by atoms with Crippen LogP contribution in [-0.2, 0) is 6.54 Å². The zero-order valence-corrected chi connectivity index (χ0v) is 11.5. The molecule has 0 unspecified atom stereocenters. The molecule has 1 aromatic heterocycles. The fourth-order valence-corrected chi connectivity index (χ4v) is 1.87. The third-order valence-corrected chi connectivity index (χ3v) is 2.73. The Kier molecular flexibility index (Phi) is 4.96. The summed E-state index contributed by atoms with van der Waals surface area (Å²) in [6.07, 6.45) is 2.06. The molecule has 5 nitrogen and oxygen atoms in total. The van der Waals surface area contributed by atoms with Crippen molar-refractivity contribution < 1.29 is 4.79 Å². The number of nitrogens with zero attached hydrogens (tertiary/aromatic N) is 3. The van der Waals surface area contributed by atoms with Gasteiger partial charge in [0.2, 0.25) is 0 Å². The summed E-state index contributed by atoms with van der Waals surface area (Å²) in [5.41, 5.74) is 3.78. The van der Waals surface area contributed by atoms with Crippen LogP contribution in [0.15, 0.2) is 0 Å². The van der Waals surface area contributed by atoms with Gasteiger partial charge in [0.1, 0.15) is 10.7 Å². The maximum atomic E-state index is 11.9. The molecule has 0 radical (unpaired) electrons. The van der Waals surface area contributed by atoms with Crippen molar-refractivity contribution in [1.29, 1.82) is 0 Å². The number of hydrazine groups is 1. The van der Waals surface area contributed by atoms with Crippen LogP contribution in [-0.4, -0.2) is 34.8 Å². The molecule has 0 aliphatic rings. The monoisotopic (exact) mass is 258 g/mol. The first-order valence-electron chi connectivity index (χ1n) is 5.68. The van der Waals surface area contributed by atoms with Crippen LogP contribution in [0.25, 0.3) is 0 Å². The number of carbonyl (C=O) groups excluding carboxylic acids is 1. The van der Waals surface area contributed by atoms with Crippen molar-refractivity contribution in [1.82, 2.24) is 20.2 Å². The first-order valence-corrected chi connectivity index (χ1v) is 6.06. The van der Waals surface area contributed by atoms with Crippen LogP contribution in [0.1, 0.15) is 35.8 Å². The van der Waals surface area contributed by atoms with Crippen molar-refractivity contribution in [2.45, 2.75) is 33.2 Å². The Bertz CT molecular complexity index is 400. The van der Waals surface area contributed by atoms with E-state index in [1.165, 1.54) is 0 Å². The Morgan fingerprint density at radius 2 is 2.18 bits per heavy atom. The molecule has 0 aliphatic heterocycles. The lowest BCUT2D eigenvalue weighted by Crippen LogP contribution is -2.36. The maximum absolute atomic E-state index is 11.9. The number of nitrogens with one attached hydrogen (secondary N) is 1. The van der Waals surface area contributed by atoms with E-state index in [0.717, 1.165) is 19.4 Å². The standard InChI is InChI=1S/C11H19ClN4O/c1-5-6-7-16-10(12)9(8(2)13-16)11(17)14-15(3)4/h5-7H2,1-4H3,(H,14,17). The molecule has 1 rings (SSSR count). The third-order valence-electron chi connectivity index (χ3n) is 2.34. The molecule has 0 spiro atoms. The Hall–Kier alpha value is -1.07. The predicted octanol–water partition coefficient (Wildman–Crippen LogP) is 1.85. The second-order valence-corrected chi connectivity index (χ2v) is 4.52. The lowest BCUT2D eigenvalue weighted by Gasteiger charge is -2.11. The van der Waals surface area contributed by atoms with Gasteiger partial charge in [0.25, 0.3) is 5.91 Å². The highest BCUT2D eigenvalue weighted by Crippen LogP contribution is 2.20. The zero-order valence-electron chi connectivity index (χ0n) is 10.7. The number of halogens is 1. The fraction of sp³-hybridized carbons (Fsp3) is 0.636. The van der Waals surface area contributed by atoms with Crippen molar-refractivity contribution in [3.8, 4) is 0 Å². The molecule has 1 amide bonds. The summed E-state index contributed by atoms with van der Waals surface area (Å²) < 4.78 is 1.69. The molecule has 1 aromatic rings. The largest absolute Gasteiger partial charge is 0.285 e. The number of rotatable bonds is 5. The predicted molar refractivity (Wildman–Crippen MR) is 68.0 cm³/mol. The molecule has 0 aromatic carbocycles. The van der Waals surface area contributed by atoms with Crippen LogP contribution in [0.4, 0.5) is 0 Å².